The lowest BCUT2D eigenvalue weighted by molar-refractivity contribution is 0.0904. The summed E-state index contributed by atoms with van der Waals surface area (Å²) in [6.45, 7) is 4.27. The van der Waals surface area contributed by atoms with Crippen LogP contribution < -0.4 is 5.32 Å². The number of hydrogen-bond donors (Lipinski definition) is 2. The standard InChI is InChI=1S/C15H18FNO2S/c1-9(2)5-12(18)8-17-15(19)14-7-10-6-11(16)3-4-13(10)20-14/h3-4,6-7,9,12,18H,5,8H2,1-2H3,(H,17,19). The fourth-order valence-corrected chi connectivity index (χ4v) is 3.01. The van der Waals surface area contributed by atoms with E-state index in [2.05, 4.69) is 5.32 Å². The second-order valence-corrected chi connectivity index (χ2v) is 6.37. The zero-order chi connectivity index (χ0) is 14.7. The van der Waals surface area contributed by atoms with Gasteiger partial charge in [-0.1, -0.05) is 13.8 Å². The quantitative estimate of drug-likeness (QED) is 0.890. The molecule has 0 bridgehead atoms. The molecule has 5 heteroatoms. The van der Waals surface area contributed by atoms with E-state index in [1.54, 1.807) is 12.1 Å². The zero-order valence-corrected chi connectivity index (χ0v) is 12.3. The maximum atomic E-state index is 13.1. The Bertz CT molecular complexity index is 609. The first-order valence-electron chi connectivity index (χ1n) is 6.61. The molecular formula is C15H18FNO2S. The summed E-state index contributed by atoms with van der Waals surface area (Å²) < 4.78 is 14.0. The Morgan fingerprint density at radius 2 is 2.15 bits per heavy atom. The summed E-state index contributed by atoms with van der Waals surface area (Å²) in [5, 5.41) is 13.2. The van der Waals surface area contributed by atoms with Crippen molar-refractivity contribution in [2.75, 3.05) is 6.54 Å². The van der Waals surface area contributed by atoms with Crippen molar-refractivity contribution >= 4 is 27.3 Å². The molecule has 2 N–H and O–H groups in total. The SMILES string of the molecule is CC(C)CC(O)CNC(=O)c1cc2cc(F)ccc2s1. The van der Waals surface area contributed by atoms with Gasteiger partial charge in [0.1, 0.15) is 5.82 Å². The molecule has 0 saturated heterocycles. The van der Waals surface area contributed by atoms with Crippen molar-refractivity contribution in [1.82, 2.24) is 5.32 Å². The van der Waals surface area contributed by atoms with Crippen LogP contribution in [0.2, 0.25) is 0 Å². The number of fused-ring (bicyclic) bond motifs is 1. The average Bonchev–Trinajstić information content (AvgIpc) is 2.78. The van der Waals surface area contributed by atoms with Crippen LogP contribution in [0.15, 0.2) is 24.3 Å². The molecule has 1 aromatic carbocycles. The minimum atomic E-state index is -0.536. The zero-order valence-electron chi connectivity index (χ0n) is 11.5. The minimum absolute atomic E-state index is 0.227. The number of rotatable bonds is 5. The summed E-state index contributed by atoms with van der Waals surface area (Å²) in [6, 6.07) is 6.14. The van der Waals surface area contributed by atoms with Crippen LogP contribution in [0.25, 0.3) is 10.1 Å². The summed E-state index contributed by atoms with van der Waals surface area (Å²) >= 11 is 1.32. The predicted octanol–water partition coefficient (Wildman–Crippen LogP) is 3.18. The first kappa shape index (κ1) is 14.9. The van der Waals surface area contributed by atoms with E-state index in [9.17, 15) is 14.3 Å². The van der Waals surface area contributed by atoms with E-state index in [-0.39, 0.29) is 18.3 Å². The Kier molecular flexibility index (Phi) is 4.73. The van der Waals surface area contributed by atoms with Crippen LogP contribution in [0.1, 0.15) is 29.9 Å². The maximum absolute atomic E-state index is 13.1. The van der Waals surface area contributed by atoms with E-state index in [0.717, 1.165) is 10.1 Å². The van der Waals surface area contributed by atoms with E-state index in [1.807, 2.05) is 13.8 Å². The molecular weight excluding hydrogens is 277 g/mol. The summed E-state index contributed by atoms with van der Waals surface area (Å²) in [5.74, 6) is -0.154. The normalized spacial score (nSPS) is 12.8. The number of aliphatic hydroxyl groups is 1. The van der Waals surface area contributed by atoms with E-state index in [1.165, 1.54) is 23.5 Å². The van der Waals surface area contributed by atoms with Crippen LogP contribution in [-0.2, 0) is 0 Å². The molecule has 0 aliphatic rings. The summed E-state index contributed by atoms with van der Waals surface area (Å²) in [7, 11) is 0. The van der Waals surface area contributed by atoms with Gasteiger partial charge in [0.05, 0.1) is 11.0 Å². The predicted molar refractivity (Wildman–Crippen MR) is 79.6 cm³/mol. The molecule has 0 radical (unpaired) electrons. The van der Waals surface area contributed by atoms with Gasteiger partial charge in [-0.15, -0.1) is 11.3 Å². The molecule has 3 nitrogen and oxygen atoms in total. The lowest BCUT2D eigenvalue weighted by atomic mass is 10.1. The number of halogens is 1. The molecule has 1 amide bonds. The Morgan fingerprint density at radius 1 is 1.40 bits per heavy atom. The molecule has 108 valence electrons. The number of benzene rings is 1. The molecule has 2 rings (SSSR count). The monoisotopic (exact) mass is 295 g/mol. The van der Waals surface area contributed by atoms with Gasteiger partial charge in [0, 0.05) is 11.2 Å². The maximum Gasteiger partial charge on any atom is 0.261 e. The van der Waals surface area contributed by atoms with E-state index < -0.39 is 6.10 Å². The second kappa shape index (κ2) is 6.33. The van der Waals surface area contributed by atoms with Crippen molar-refractivity contribution in [2.24, 2.45) is 5.92 Å². The number of hydrogen-bond acceptors (Lipinski definition) is 3. The van der Waals surface area contributed by atoms with Gasteiger partial charge >= 0.3 is 0 Å². The van der Waals surface area contributed by atoms with Crippen LogP contribution in [0.4, 0.5) is 4.39 Å². The second-order valence-electron chi connectivity index (χ2n) is 5.29. The molecule has 0 aliphatic carbocycles. The largest absolute Gasteiger partial charge is 0.391 e. The van der Waals surface area contributed by atoms with Crippen molar-refractivity contribution in [3.05, 3.63) is 35.0 Å². The van der Waals surface area contributed by atoms with Crippen LogP contribution >= 0.6 is 11.3 Å². The molecule has 1 unspecified atom stereocenters. The average molecular weight is 295 g/mol. The molecule has 20 heavy (non-hydrogen) atoms. The first-order valence-corrected chi connectivity index (χ1v) is 7.42. The third-order valence-corrected chi connectivity index (χ3v) is 4.06. The van der Waals surface area contributed by atoms with Gasteiger partial charge < -0.3 is 10.4 Å². The van der Waals surface area contributed by atoms with Crippen molar-refractivity contribution < 1.29 is 14.3 Å². The summed E-state index contributed by atoms with van der Waals surface area (Å²) in [5.41, 5.74) is 0. The number of amides is 1. The Balaban J connectivity index is 2.00. The molecule has 1 atom stereocenters. The van der Waals surface area contributed by atoms with E-state index >= 15 is 0 Å². The van der Waals surface area contributed by atoms with Crippen molar-refractivity contribution in [3.63, 3.8) is 0 Å². The number of thiophene rings is 1. The highest BCUT2D eigenvalue weighted by Crippen LogP contribution is 2.26. The van der Waals surface area contributed by atoms with Crippen LogP contribution in [-0.4, -0.2) is 23.7 Å². The van der Waals surface area contributed by atoms with E-state index in [4.69, 9.17) is 0 Å². The Hall–Kier alpha value is -1.46. The fourth-order valence-electron chi connectivity index (χ4n) is 2.05. The summed E-state index contributed by atoms with van der Waals surface area (Å²) in [6.07, 6.45) is 0.114. The van der Waals surface area contributed by atoms with Gasteiger partial charge in [0.15, 0.2) is 0 Å². The lowest BCUT2D eigenvalue weighted by Gasteiger charge is -2.13. The number of aliphatic hydroxyl groups excluding tert-OH is 1. The third kappa shape index (κ3) is 3.77. The van der Waals surface area contributed by atoms with E-state index in [0.29, 0.717) is 17.2 Å². The molecule has 1 aromatic heterocycles. The summed E-state index contributed by atoms with van der Waals surface area (Å²) in [4.78, 5) is 12.5. The van der Waals surface area contributed by atoms with Gasteiger partial charge in [-0.25, -0.2) is 4.39 Å². The fraction of sp³-hybridized carbons (Fsp3) is 0.400. The van der Waals surface area contributed by atoms with Crippen molar-refractivity contribution in [3.8, 4) is 0 Å². The highest BCUT2D eigenvalue weighted by molar-refractivity contribution is 7.20. The number of carbonyl (C=O) groups is 1. The highest BCUT2D eigenvalue weighted by atomic mass is 32.1. The number of carbonyl (C=O) groups excluding carboxylic acids is 1. The molecule has 0 saturated carbocycles. The number of nitrogens with one attached hydrogen (secondary N) is 1. The van der Waals surface area contributed by atoms with Gasteiger partial charge in [0.25, 0.3) is 5.91 Å². The molecule has 0 fully saturated rings. The lowest BCUT2D eigenvalue weighted by Crippen LogP contribution is -2.32. The topological polar surface area (TPSA) is 49.3 Å². The molecule has 1 heterocycles. The Morgan fingerprint density at radius 3 is 2.85 bits per heavy atom. The van der Waals surface area contributed by atoms with Crippen molar-refractivity contribution in [2.45, 2.75) is 26.4 Å². The highest BCUT2D eigenvalue weighted by Gasteiger charge is 2.13. The van der Waals surface area contributed by atoms with Gasteiger partial charge in [-0.05, 0) is 42.0 Å². The van der Waals surface area contributed by atoms with Gasteiger partial charge in [0.2, 0.25) is 0 Å². The van der Waals surface area contributed by atoms with Crippen LogP contribution in [0.5, 0.6) is 0 Å². The molecule has 2 aromatic rings. The Labute approximate surface area is 121 Å². The van der Waals surface area contributed by atoms with Gasteiger partial charge in [-0.3, -0.25) is 4.79 Å². The molecule has 0 spiro atoms. The van der Waals surface area contributed by atoms with Crippen LogP contribution in [0.3, 0.4) is 0 Å². The molecule has 0 aliphatic heterocycles. The first-order chi connectivity index (χ1) is 9.45. The minimum Gasteiger partial charge on any atom is -0.391 e. The van der Waals surface area contributed by atoms with Crippen molar-refractivity contribution in [1.29, 1.82) is 0 Å². The van der Waals surface area contributed by atoms with Crippen LogP contribution in [0, 0.1) is 11.7 Å². The third-order valence-electron chi connectivity index (χ3n) is 2.94. The smallest absolute Gasteiger partial charge is 0.261 e. The van der Waals surface area contributed by atoms with Gasteiger partial charge in [-0.2, -0.15) is 0 Å².